The van der Waals surface area contributed by atoms with Crippen LogP contribution in [0, 0.1) is 0 Å². The highest BCUT2D eigenvalue weighted by atomic mass is 16.4. The summed E-state index contributed by atoms with van der Waals surface area (Å²) in [6.07, 6.45) is 9.84. The zero-order valence-electron chi connectivity index (χ0n) is 21.3. The highest BCUT2D eigenvalue weighted by Crippen LogP contribution is 2.28. The molecule has 1 atom stereocenters. The van der Waals surface area contributed by atoms with Crippen LogP contribution in [0.3, 0.4) is 0 Å². The van der Waals surface area contributed by atoms with Gasteiger partial charge in [-0.05, 0) is 69.5 Å². The van der Waals surface area contributed by atoms with Crippen molar-refractivity contribution < 1.29 is 9.90 Å². The number of fused-ring (bicyclic) bond motifs is 1. The molecule has 3 aromatic rings. The second-order valence-electron chi connectivity index (χ2n) is 10.0. The Hall–Kier alpha value is -3.52. The van der Waals surface area contributed by atoms with E-state index in [1.807, 2.05) is 36.4 Å². The second kappa shape index (κ2) is 12.1. The fourth-order valence-electron chi connectivity index (χ4n) is 4.98. The first-order valence-electron chi connectivity index (χ1n) is 13.5. The lowest BCUT2D eigenvalue weighted by atomic mass is 10.1. The van der Waals surface area contributed by atoms with Gasteiger partial charge in [-0.25, -0.2) is 19.7 Å². The Morgan fingerprint density at radius 3 is 2.78 bits per heavy atom. The topological polar surface area (TPSA) is 103 Å². The van der Waals surface area contributed by atoms with Crippen LogP contribution in [-0.2, 0) is 17.6 Å². The number of benzene rings is 1. The number of aromatic nitrogens is 3. The lowest BCUT2D eigenvalue weighted by molar-refractivity contribution is -0.138. The highest BCUT2D eigenvalue weighted by Gasteiger charge is 2.30. The molecule has 8 heteroatoms. The molecule has 1 aromatic carbocycles. The Kier molecular flexibility index (Phi) is 8.25. The largest absolute Gasteiger partial charge is 0.480 e. The number of nitrogens with zero attached hydrogens (tertiary/aromatic N) is 4. The van der Waals surface area contributed by atoms with Crippen LogP contribution in [0.25, 0.3) is 11.3 Å². The number of nitrogens with one attached hydrogen (secondary N) is 2. The smallest absolute Gasteiger partial charge is 0.326 e. The van der Waals surface area contributed by atoms with Crippen LogP contribution in [0.2, 0.25) is 0 Å². The maximum absolute atomic E-state index is 12.0. The van der Waals surface area contributed by atoms with E-state index in [-0.39, 0.29) is 0 Å². The maximum atomic E-state index is 12.0. The number of aliphatic carboxylic acids is 1. The Labute approximate surface area is 218 Å². The average molecular weight is 501 g/mol. The van der Waals surface area contributed by atoms with Crippen molar-refractivity contribution in [2.24, 2.45) is 0 Å². The number of rotatable bonds is 13. The lowest BCUT2D eigenvalue weighted by Crippen LogP contribution is -2.36. The molecular weight excluding hydrogens is 464 g/mol. The summed E-state index contributed by atoms with van der Waals surface area (Å²) in [4.78, 5) is 27.9. The van der Waals surface area contributed by atoms with Gasteiger partial charge in [0.1, 0.15) is 24.0 Å². The fourth-order valence-corrected chi connectivity index (χ4v) is 4.98. The van der Waals surface area contributed by atoms with Crippen LogP contribution < -0.4 is 10.6 Å². The quantitative estimate of drug-likeness (QED) is 0.292. The van der Waals surface area contributed by atoms with E-state index in [2.05, 4.69) is 37.6 Å². The van der Waals surface area contributed by atoms with Crippen molar-refractivity contribution in [1.29, 1.82) is 0 Å². The third kappa shape index (κ3) is 7.04. The van der Waals surface area contributed by atoms with Crippen LogP contribution >= 0.6 is 0 Å². The first-order chi connectivity index (χ1) is 18.2. The zero-order chi connectivity index (χ0) is 25.5. The predicted molar refractivity (Wildman–Crippen MR) is 146 cm³/mol. The summed E-state index contributed by atoms with van der Waals surface area (Å²) >= 11 is 0. The molecule has 0 saturated heterocycles. The molecule has 1 saturated carbocycles. The Morgan fingerprint density at radius 1 is 1.11 bits per heavy atom. The van der Waals surface area contributed by atoms with Gasteiger partial charge < -0.3 is 20.6 Å². The normalized spacial score (nSPS) is 15.6. The van der Waals surface area contributed by atoms with Gasteiger partial charge in [0.25, 0.3) is 0 Å². The van der Waals surface area contributed by atoms with E-state index in [9.17, 15) is 9.90 Å². The van der Waals surface area contributed by atoms with Gasteiger partial charge in [0.2, 0.25) is 0 Å². The third-order valence-corrected chi connectivity index (χ3v) is 7.21. The zero-order valence-corrected chi connectivity index (χ0v) is 21.3. The number of pyridine rings is 1. The molecule has 1 aliphatic carbocycles. The van der Waals surface area contributed by atoms with Gasteiger partial charge in [0, 0.05) is 36.5 Å². The van der Waals surface area contributed by atoms with Crippen molar-refractivity contribution in [2.75, 3.05) is 30.3 Å². The molecule has 0 radical (unpaired) electrons. The predicted octanol–water partition coefficient (Wildman–Crippen LogP) is 4.64. The number of carboxylic acids is 1. The molecule has 194 valence electrons. The van der Waals surface area contributed by atoms with Crippen molar-refractivity contribution >= 4 is 17.6 Å². The van der Waals surface area contributed by atoms with Crippen molar-refractivity contribution in [1.82, 2.24) is 19.9 Å². The van der Waals surface area contributed by atoms with Gasteiger partial charge in [0.05, 0.1) is 5.69 Å². The minimum absolute atomic E-state index is 0.522. The monoisotopic (exact) mass is 500 g/mol. The number of aryl methyl sites for hydroxylation is 2. The van der Waals surface area contributed by atoms with Gasteiger partial charge in [0.15, 0.2) is 0 Å². The van der Waals surface area contributed by atoms with Gasteiger partial charge in [-0.2, -0.15) is 0 Å². The SMILES string of the molecule is O=C(O)C(CCN(CCCCc1ccc2c(n1)NCCC2)C1CC1)Nc1cc(-c2ccccc2)ncn1. The fraction of sp³-hybridized carbons (Fsp3) is 0.448. The minimum Gasteiger partial charge on any atom is -0.480 e. The van der Waals surface area contributed by atoms with E-state index in [1.54, 1.807) is 0 Å². The van der Waals surface area contributed by atoms with Crippen LogP contribution in [-0.4, -0.2) is 62.6 Å². The summed E-state index contributed by atoms with van der Waals surface area (Å²) < 4.78 is 0. The summed E-state index contributed by atoms with van der Waals surface area (Å²) in [6.45, 7) is 2.76. The van der Waals surface area contributed by atoms with Crippen molar-refractivity contribution in [3.63, 3.8) is 0 Å². The Balaban J connectivity index is 1.11. The number of unbranched alkanes of at least 4 members (excludes halogenated alkanes) is 1. The van der Waals surface area contributed by atoms with E-state index in [4.69, 9.17) is 4.98 Å². The number of carboxylic acid groups (broad SMARTS) is 1. The Bertz CT molecular complexity index is 1180. The van der Waals surface area contributed by atoms with E-state index in [1.165, 1.54) is 31.2 Å². The highest BCUT2D eigenvalue weighted by molar-refractivity contribution is 5.77. The third-order valence-electron chi connectivity index (χ3n) is 7.21. The molecule has 5 rings (SSSR count). The van der Waals surface area contributed by atoms with Crippen LogP contribution in [0.5, 0.6) is 0 Å². The summed E-state index contributed by atoms with van der Waals surface area (Å²) in [6, 6.07) is 15.9. The molecule has 37 heavy (non-hydrogen) atoms. The molecule has 8 nitrogen and oxygen atoms in total. The van der Waals surface area contributed by atoms with Gasteiger partial charge in [-0.15, -0.1) is 0 Å². The Morgan fingerprint density at radius 2 is 1.97 bits per heavy atom. The van der Waals surface area contributed by atoms with Crippen molar-refractivity contribution in [3.05, 3.63) is 66.1 Å². The van der Waals surface area contributed by atoms with Crippen LogP contribution in [0.1, 0.15) is 49.8 Å². The lowest BCUT2D eigenvalue weighted by Gasteiger charge is -2.24. The molecule has 3 heterocycles. The van der Waals surface area contributed by atoms with Gasteiger partial charge >= 0.3 is 5.97 Å². The average Bonchev–Trinajstić information content (AvgIpc) is 3.78. The molecule has 0 amide bonds. The van der Waals surface area contributed by atoms with E-state index < -0.39 is 12.0 Å². The molecule has 1 fully saturated rings. The molecule has 0 bridgehead atoms. The van der Waals surface area contributed by atoms with E-state index in [0.717, 1.165) is 68.1 Å². The molecular formula is C29H36N6O2. The molecule has 1 aliphatic heterocycles. The number of hydrogen-bond donors (Lipinski definition) is 3. The second-order valence-corrected chi connectivity index (χ2v) is 10.0. The number of carbonyl (C=O) groups is 1. The number of hydrogen-bond acceptors (Lipinski definition) is 7. The van der Waals surface area contributed by atoms with Crippen LogP contribution in [0.4, 0.5) is 11.6 Å². The summed E-state index contributed by atoms with van der Waals surface area (Å²) in [7, 11) is 0. The van der Waals surface area contributed by atoms with Crippen LogP contribution in [0.15, 0.2) is 54.9 Å². The maximum Gasteiger partial charge on any atom is 0.326 e. The van der Waals surface area contributed by atoms with Gasteiger partial charge in [-0.1, -0.05) is 36.4 Å². The molecule has 0 spiro atoms. The summed E-state index contributed by atoms with van der Waals surface area (Å²) in [5, 5.41) is 16.4. The minimum atomic E-state index is -0.859. The number of anilines is 2. The van der Waals surface area contributed by atoms with E-state index >= 15 is 0 Å². The first kappa shape index (κ1) is 25.1. The van der Waals surface area contributed by atoms with Crippen molar-refractivity contribution in [2.45, 2.75) is 63.5 Å². The summed E-state index contributed by atoms with van der Waals surface area (Å²) in [5.41, 5.74) is 4.23. The molecule has 2 aliphatic rings. The molecule has 2 aromatic heterocycles. The molecule has 1 unspecified atom stereocenters. The van der Waals surface area contributed by atoms with Crippen molar-refractivity contribution in [3.8, 4) is 11.3 Å². The first-order valence-corrected chi connectivity index (χ1v) is 13.5. The van der Waals surface area contributed by atoms with Gasteiger partial charge in [-0.3, -0.25) is 0 Å². The molecule has 3 N–H and O–H groups in total. The standard InChI is InChI=1S/C29H36N6O2/c36-29(37)25(34-27-19-26(31-20-32-27)21-7-2-1-3-8-21)15-18-35(24-13-14-24)17-5-4-10-23-12-11-22-9-6-16-30-28(22)33-23/h1-3,7-8,11-12,19-20,24-25H,4-6,9-10,13-18H2,(H,30,33)(H,36,37)(H,31,32,34). The summed E-state index contributed by atoms with van der Waals surface area (Å²) in [5.74, 6) is 0.740. The van der Waals surface area contributed by atoms with E-state index in [0.29, 0.717) is 18.3 Å².